The third-order valence-electron chi connectivity index (χ3n) is 3.77. The number of anilines is 1. The number of halogens is 1. The lowest BCUT2D eigenvalue weighted by Gasteiger charge is -2.25. The number of aryl methyl sites for hydroxylation is 1. The third-order valence-corrected chi connectivity index (χ3v) is 4.26. The van der Waals surface area contributed by atoms with Crippen LogP contribution < -0.4 is 10.6 Å². The van der Waals surface area contributed by atoms with Gasteiger partial charge in [-0.1, -0.05) is 45.8 Å². The van der Waals surface area contributed by atoms with E-state index in [1.54, 1.807) is 0 Å². The van der Waals surface area contributed by atoms with Crippen molar-refractivity contribution < 1.29 is 0 Å². The van der Waals surface area contributed by atoms with E-state index in [9.17, 15) is 0 Å². The molecule has 0 amide bonds. The fraction of sp³-hybridized carbons (Fsp3) is 0.333. The van der Waals surface area contributed by atoms with Crippen LogP contribution in [0.25, 0.3) is 0 Å². The van der Waals surface area contributed by atoms with Crippen LogP contribution in [0.2, 0.25) is 0 Å². The monoisotopic (exact) mass is 346 g/mol. The highest BCUT2D eigenvalue weighted by Crippen LogP contribution is 2.21. The van der Waals surface area contributed by atoms with E-state index < -0.39 is 0 Å². The van der Waals surface area contributed by atoms with Gasteiger partial charge in [-0.15, -0.1) is 0 Å². The maximum Gasteiger partial charge on any atom is 0.0366 e. The quantitative estimate of drug-likeness (QED) is 0.823. The average molecular weight is 347 g/mol. The molecule has 0 aliphatic heterocycles. The van der Waals surface area contributed by atoms with Crippen molar-refractivity contribution in [2.75, 3.05) is 18.0 Å². The summed E-state index contributed by atoms with van der Waals surface area (Å²) in [5.74, 6) is 0. The van der Waals surface area contributed by atoms with E-state index >= 15 is 0 Å². The van der Waals surface area contributed by atoms with Crippen molar-refractivity contribution >= 4 is 21.6 Å². The SMILES string of the molecule is CCN(CCC(N)c1cccc(Br)c1)c1ccc(C)cc1. The number of nitrogens with two attached hydrogens (primary N) is 1. The molecule has 2 N–H and O–H groups in total. The molecule has 0 radical (unpaired) electrons. The zero-order valence-electron chi connectivity index (χ0n) is 12.7. The van der Waals surface area contributed by atoms with Gasteiger partial charge in [-0.05, 0) is 50.1 Å². The molecule has 0 aliphatic carbocycles. The molecule has 2 aromatic rings. The van der Waals surface area contributed by atoms with Gasteiger partial charge >= 0.3 is 0 Å². The molecular formula is C18H23BrN2. The molecule has 2 nitrogen and oxygen atoms in total. The van der Waals surface area contributed by atoms with Crippen LogP contribution in [0.3, 0.4) is 0 Å². The van der Waals surface area contributed by atoms with E-state index in [1.165, 1.54) is 16.8 Å². The van der Waals surface area contributed by atoms with Gasteiger partial charge in [-0.3, -0.25) is 0 Å². The molecule has 0 aromatic heterocycles. The molecule has 0 bridgehead atoms. The smallest absolute Gasteiger partial charge is 0.0366 e. The lowest BCUT2D eigenvalue weighted by atomic mass is 10.0. The molecule has 1 unspecified atom stereocenters. The summed E-state index contributed by atoms with van der Waals surface area (Å²) in [7, 11) is 0. The molecule has 0 heterocycles. The van der Waals surface area contributed by atoms with Gasteiger partial charge in [0.1, 0.15) is 0 Å². The van der Waals surface area contributed by atoms with Gasteiger partial charge in [0.25, 0.3) is 0 Å². The minimum absolute atomic E-state index is 0.0713. The zero-order valence-corrected chi connectivity index (χ0v) is 14.3. The highest BCUT2D eigenvalue weighted by molar-refractivity contribution is 9.10. The normalized spacial score (nSPS) is 12.2. The van der Waals surface area contributed by atoms with Crippen LogP contribution in [0.15, 0.2) is 53.0 Å². The van der Waals surface area contributed by atoms with E-state index in [0.29, 0.717) is 0 Å². The van der Waals surface area contributed by atoms with Crippen molar-refractivity contribution in [1.29, 1.82) is 0 Å². The molecule has 0 saturated carbocycles. The molecule has 2 aromatic carbocycles. The van der Waals surface area contributed by atoms with Crippen LogP contribution in [-0.2, 0) is 0 Å². The molecule has 1 atom stereocenters. The van der Waals surface area contributed by atoms with Crippen molar-refractivity contribution in [2.24, 2.45) is 5.73 Å². The van der Waals surface area contributed by atoms with Crippen LogP contribution in [0.5, 0.6) is 0 Å². The first-order chi connectivity index (χ1) is 10.1. The Morgan fingerprint density at radius 3 is 2.48 bits per heavy atom. The molecule has 21 heavy (non-hydrogen) atoms. The second-order valence-corrected chi connectivity index (χ2v) is 6.28. The van der Waals surface area contributed by atoms with Crippen molar-refractivity contribution in [1.82, 2.24) is 0 Å². The second kappa shape index (κ2) is 7.62. The summed E-state index contributed by atoms with van der Waals surface area (Å²) in [4.78, 5) is 2.37. The number of hydrogen-bond donors (Lipinski definition) is 1. The predicted molar refractivity (Wildman–Crippen MR) is 94.8 cm³/mol. The molecule has 3 heteroatoms. The van der Waals surface area contributed by atoms with Gasteiger partial charge < -0.3 is 10.6 Å². The minimum atomic E-state index is 0.0713. The van der Waals surface area contributed by atoms with Crippen LogP contribution >= 0.6 is 15.9 Å². The largest absolute Gasteiger partial charge is 0.372 e. The number of nitrogens with zero attached hydrogens (tertiary/aromatic N) is 1. The maximum absolute atomic E-state index is 6.32. The van der Waals surface area contributed by atoms with E-state index in [0.717, 1.165) is 24.0 Å². The second-order valence-electron chi connectivity index (χ2n) is 5.37. The summed E-state index contributed by atoms with van der Waals surface area (Å²) in [6.45, 7) is 6.26. The summed E-state index contributed by atoms with van der Waals surface area (Å²) in [6.07, 6.45) is 0.943. The van der Waals surface area contributed by atoms with Crippen molar-refractivity contribution in [3.8, 4) is 0 Å². The topological polar surface area (TPSA) is 29.3 Å². The van der Waals surface area contributed by atoms with Crippen LogP contribution in [0.1, 0.15) is 30.5 Å². The van der Waals surface area contributed by atoms with Crippen molar-refractivity contribution in [2.45, 2.75) is 26.3 Å². The molecule has 0 saturated heterocycles. The maximum atomic E-state index is 6.32. The number of benzene rings is 2. The molecule has 0 aliphatic rings. The third kappa shape index (κ3) is 4.58. The lowest BCUT2D eigenvalue weighted by Crippen LogP contribution is -2.27. The summed E-state index contributed by atoms with van der Waals surface area (Å²) < 4.78 is 1.08. The van der Waals surface area contributed by atoms with Crippen LogP contribution in [0.4, 0.5) is 5.69 Å². The predicted octanol–water partition coefficient (Wildman–Crippen LogP) is 4.67. The lowest BCUT2D eigenvalue weighted by molar-refractivity contribution is 0.632. The van der Waals surface area contributed by atoms with Gasteiger partial charge in [-0.25, -0.2) is 0 Å². The molecule has 0 spiro atoms. The fourth-order valence-corrected chi connectivity index (χ4v) is 2.84. The van der Waals surface area contributed by atoms with Gasteiger partial charge in [0.05, 0.1) is 0 Å². The minimum Gasteiger partial charge on any atom is -0.372 e. The molecule has 2 rings (SSSR count). The van der Waals surface area contributed by atoms with Gasteiger partial charge in [0.2, 0.25) is 0 Å². The summed E-state index contributed by atoms with van der Waals surface area (Å²) in [5, 5.41) is 0. The average Bonchev–Trinajstić information content (AvgIpc) is 2.49. The van der Waals surface area contributed by atoms with Crippen molar-refractivity contribution in [3.05, 3.63) is 64.1 Å². The van der Waals surface area contributed by atoms with Crippen molar-refractivity contribution in [3.63, 3.8) is 0 Å². The zero-order chi connectivity index (χ0) is 15.2. The van der Waals surface area contributed by atoms with E-state index in [1.807, 2.05) is 12.1 Å². The van der Waals surface area contributed by atoms with Crippen LogP contribution in [0, 0.1) is 6.92 Å². The first kappa shape index (κ1) is 16.1. The van der Waals surface area contributed by atoms with E-state index in [-0.39, 0.29) is 6.04 Å². The van der Waals surface area contributed by atoms with Gasteiger partial charge in [0.15, 0.2) is 0 Å². The first-order valence-electron chi connectivity index (χ1n) is 7.43. The summed E-state index contributed by atoms with van der Waals surface area (Å²) in [5.41, 5.74) is 10.1. The molecule has 112 valence electrons. The standard InChI is InChI=1S/C18H23BrN2/c1-3-21(17-9-7-14(2)8-10-17)12-11-18(20)15-5-4-6-16(19)13-15/h4-10,13,18H,3,11-12,20H2,1-2H3. The Labute approximate surface area is 136 Å². The fourth-order valence-electron chi connectivity index (χ4n) is 2.42. The molecular weight excluding hydrogens is 324 g/mol. The highest BCUT2D eigenvalue weighted by atomic mass is 79.9. The number of hydrogen-bond acceptors (Lipinski definition) is 2. The Bertz CT molecular complexity index is 566. The Morgan fingerprint density at radius 1 is 1.14 bits per heavy atom. The molecule has 0 fully saturated rings. The van der Waals surface area contributed by atoms with Gasteiger partial charge in [0, 0.05) is 29.3 Å². The van der Waals surface area contributed by atoms with Crippen LogP contribution in [-0.4, -0.2) is 13.1 Å². The Morgan fingerprint density at radius 2 is 1.86 bits per heavy atom. The van der Waals surface area contributed by atoms with E-state index in [2.05, 4.69) is 71.1 Å². The summed E-state index contributed by atoms with van der Waals surface area (Å²) in [6, 6.07) is 17.0. The summed E-state index contributed by atoms with van der Waals surface area (Å²) >= 11 is 3.50. The Balaban J connectivity index is 1.98. The van der Waals surface area contributed by atoms with Gasteiger partial charge in [-0.2, -0.15) is 0 Å². The Hall–Kier alpha value is -1.32. The highest BCUT2D eigenvalue weighted by Gasteiger charge is 2.10. The van der Waals surface area contributed by atoms with E-state index in [4.69, 9.17) is 5.73 Å². The first-order valence-corrected chi connectivity index (χ1v) is 8.22. The number of rotatable bonds is 6. The Kier molecular flexibility index (Phi) is 5.83.